The average molecular weight is 271 g/mol. The van der Waals surface area contributed by atoms with E-state index in [4.69, 9.17) is 4.74 Å². The molecule has 0 radical (unpaired) electrons. The average Bonchev–Trinajstić information content (AvgIpc) is 2.47. The van der Waals surface area contributed by atoms with E-state index >= 15 is 0 Å². The fourth-order valence-corrected chi connectivity index (χ4v) is 2.28. The van der Waals surface area contributed by atoms with E-state index in [1.165, 1.54) is 5.56 Å². The molecule has 0 aliphatic heterocycles. The molecule has 3 nitrogen and oxygen atoms in total. The van der Waals surface area contributed by atoms with Crippen molar-refractivity contribution in [2.75, 3.05) is 25.6 Å². The zero-order valence-corrected chi connectivity index (χ0v) is 12.2. The highest BCUT2D eigenvalue weighted by atomic mass is 16.5. The number of rotatable bonds is 5. The van der Waals surface area contributed by atoms with Crippen molar-refractivity contribution in [3.63, 3.8) is 0 Å². The molecular formula is C17H21NO2. The molecule has 0 saturated heterocycles. The van der Waals surface area contributed by atoms with Gasteiger partial charge in [-0.05, 0) is 36.2 Å². The van der Waals surface area contributed by atoms with E-state index in [-0.39, 0.29) is 0 Å². The summed E-state index contributed by atoms with van der Waals surface area (Å²) in [5.74, 6) is 0.799. The molecule has 20 heavy (non-hydrogen) atoms. The second kappa shape index (κ2) is 6.44. The second-order valence-corrected chi connectivity index (χ2v) is 4.96. The topological polar surface area (TPSA) is 32.7 Å². The Bertz CT molecular complexity index is 551. The summed E-state index contributed by atoms with van der Waals surface area (Å²) in [6.45, 7) is 2.63. The van der Waals surface area contributed by atoms with Crippen LogP contribution in [0.2, 0.25) is 0 Å². The summed E-state index contributed by atoms with van der Waals surface area (Å²) in [6.07, 6.45) is -0.523. The normalized spacial score (nSPS) is 12.0. The summed E-state index contributed by atoms with van der Waals surface area (Å²) < 4.78 is 5.12. The first-order valence-electron chi connectivity index (χ1n) is 6.70. The van der Waals surface area contributed by atoms with Gasteiger partial charge in [0.15, 0.2) is 0 Å². The fraction of sp³-hybridized carbons (Fsp3) is 0.294. The quantitative estimate of drug-likeness (QED) is 0.906. The molecule has 1 N–H and O–H groups in total. The van der Waals surface area contributed by atoms with Gasteiger partial charge in [-0.3, -0.25) is 0 Å². The lowest BCUT2D eigenvalue weighted by Gasteiger charge is -2.24. The van der Waals surface area contributed by atoms with Crippen LogP contribution in [0.1, 0.15) is 17.2 Å². The summed E-state index contributed by atoms with van der Waals surface area (Å²) in [4.78, 5) is 2.07. The SMILES string of the molecule is COc1ccc(C(O)CN(C)c2ccccc2C)cc1. The molecule has 2 aromatic carbocycles. The first-order valence-corrected chi connectivity index (χ1v) is 6.70. The van der Waals surface area contributed by atoms with E-state index in [9.17, 15) is 5.11 Å². The van der Waals surface area contributed by atoms with Crippen molar-refractivity contribution in [3.8, 4) is 5.75 Å². The van der Waals surface area contributed by atoms with Crippen molar-refractivity contribution in [3.05, 3.63) is 59.7 Å². The molecule has 2 rings (SSSR count). The van der Waals surface area contributed by atoms with E-state index < -0.39 is 6.10 Å². The van der Waals surface area contributed by atoms with E-state index in [1.807, 2.05) is 43.4 Å². The minimum Gasteiger partial charge on any atom is -0.497 e. The van der Waals surface area contributed by atoms with Crippen LogP contribution in [0.25, 0.3) is 0 Å². The predicted octanol–water partition coefficient (Wildman–Crippen LogP) is 3.17. The second-order valence-electron chi connectivity index (χ2n) is 4.96. The van der Waals surface area contributed by atoms with Gasteiger partial charge in [0.25, 0.3) is 0 Å². The van der Waals surface area contributed by atoms with E-state index in [2.05, 4.69) is 24.0 Å². The highest BCUT2D eigenvalue weighted by molar-refractivity contribution is 5.52. The highest BCUT2D eigenvalue weighted by Crippen LogP contribution is 2.22. The summed E-state index contributed by atoms with van der Waals surface area (Å²) in [5, 5.41) is 10.3. The maximum absolute atomic E-state index is 10.3. The van der Waals surface area contributed by atoms with Crippen LogP contribution >= 0.6 is 0 Å². The lowest BCUT2D eigenvalue weighted by molar-refractivity contribution is 0.185. The number of likely N-dealkylation sites (N-methyl/N-ethyl adjacent to an activating group) is 1. The smallest absolute Gasteiger partial charge is 0.118 e. The van der Waals surface area contributed by atoms with Crippen LogP contribution in [-0.4, -0.2) is 25.8 Å². The Morgan fingerprint density at radius 3 is 2.35 bits per heavy atom. The molecule has 0 saturated carbocycles. The summed E-state index contributed by atoms with van der Waals surface area (Å²) in [6, 6.07) is 15.7. The van der Waals surface area contributed by atoms with Crippen LogP contribution in [-0.2, 0) is 0 Å². The molecule has 0 amide bonds. The van der Waals surface area contributed by atoms with Gasteiger partial charge in [-0.1, -0.05) is 30.3 Å². The van der Waals surface area contributed by atoms with Crippen molar-refractivity contribution in [2.45, 2.75) is 13.0 Å². The van der Waals surface area contributed by atoms with Crippen molar-refractivity contribution >= 4 is 5.69 Å². The zero-order chi connectivity index (χ0) is 14.5. The van der Waals surface area contributed by atoms with Crippen molar-refractivity contribution in [2.24, 2.45) is 0 Å². The minimum atomic E-state index is -0.523. The number of hydrogen-bond donors (Lipinski definition) is 1. The Morgan fingerprint density at radius 1 is 1.10 bits per heavy atom. The van der Waals surface area contributed by atoms with Gasteiger partial charge in [-0.2, -0.15) is 0 Å². The van der Waals surface area contributed by atoms with E-state index in [0.29, 0.717) is 6.54 Å². The third-order valence-corrected chi connectivity index (χ3v) is 3.47. The maximum atomic E-state index is 10.3. The largest absolute Gasteiger partial charge is 0.497 e. The zero-order valence-electron chi connectivity index (χ0n) is 12.2. The van der Waals surface area contributed by atoms with Gasteiger partial charge in [0.2, 0.25) is 0 Å². The Morgan fingerprint density at radius 2 is 1.75 bits per heavy atom. The van der Waals surface area contributed by atoms with Crippen LogP contribution in [0.15, 0.2) is 48.5 Å². The van der Waals surface area contributed by atoms with Crippen molar-refractivity contribution < 1.29 is 9.84 Å². The molecule has 1 atom stereocenters. The first kappa shape index (κ1) is 14.4. The molecular weight excluding hydrogens is 250 g/mol. The van der Waals surface area contributed by atoms with Gasteiger partial charge in [0.1, 0.15) is 5.75 Å². The Kier molecular flexibility index (Phi) is 4.64. The number of methoxy groups -OCH3 is 1. The molecule has 1 unspecified atom stereocenters. The Balaban J connectivity index is 2.06. The molecule has 0 aliphatic rings. The third-order valence-electron chi connectivity index (χ3n) is 3.47. The molecule has 0 spiro atoms. The first-order chi connectivity index (χ1) is 9.61. The van der Waals surface area contributed by atoms with Gasteiger partial charge in [-0.25, -0.2) is 0 Å². The standard InChI is InChI=1S/C17H21NO2/c1-13-6-4-5-7-16(13)18(2)12-17(19)14-8-10-15(20-3)11-9-14/h4-11,17,19H,12H2,1-3H3. The third kappa shape index (κ3) is 3.31. The molecule has 0 bridgehead atoms. The van der Waals surface area contributed by atoms with E-state index in [1.54, 1.807) is 7.11 Å². The number of nitrogens with zero attached hydrogens (tertiary/aromatic N) is 1. The number of para-hydroxylation sites is 1. The molecule has 0 heterocycles. The van der Waals surface area contributed by atoms with Gasteiger partial charge < -0.3 is 14.7 Å². The van der Waals surface area contributed by atoms with Gasteiger partial charge >= 0.3 is 0 Å². The van der Waals surface area contributed by atoms with Crippen LogP contribution in [0.5, 0.6) is 5.75 Å². The molecule has 0 aromatic heterocycles. The van der Waals surface area contributed by atoms with Gasteiger partial charge in [0, 0.05) is 19.3 Å². The maximum Gasteiger partial charge on any atom is 0.118 e. The van der Waals surface area contributed by atoms with Crippen LogP contribution in [0.4, 0.5) is 5.69 Å². The minimum absolute atomic E-state index is 0.523. The number of aliphatic hydroxyl groups is 1. The van der Waals surface area contributed by atoms with Crippen LogP contribution in [0, 0.1) is 6.92 Å². The number of benzene rings is 2. The summed E-state index contributed by atoms with van der Waals surface area (Å²) in [7, 11) is 3.63. The van der Waals surface area contributed by atoms with Crippen molar-refractivity contribution in [1.29, 1.82) is 0 Å². The Labute approximate surface area is 120 Å². The van der Waals surface area contributed by atoms with Crippen LogP contribution in [0.3, 0.4) is 0 Å². The molecule has 3 heteroatoms. The molecule has 106 valence electrons. The number of aryl methyl sites for hydroxylation is 1. The number of ether oxygens (including phenoxy) is 1. The number of hydrogen-bond acceptors (Lipinski definition) is 3. The van der Waals surface area contributed by atoms with Crippen LogP contribution < -0.4 is 9.64 Å². The van der Waals surface area contributed by atoms with E-state index in [0.717, 1.165) is 17.0 Å². The van der Waals surface area contributed by atoms with Gasteiger partial charge in [-0.15, -0.1) is 0 Å². The monoisotopic (exact) mass is 271 g/mol. The lowest BCUT2D eigenvalue weighted by Crippen LogP contribution is -2.24. The number of aliphatic hydroxyl groups excluding tert-OH is 1. The molecule has 2 aromatic rings. The lowest BCUT2D eigenvalue weighted by atomic mass is 10.1. The van der Waals surface area contributed by atoms with Gasteiger partial charge in [0.05, 0.1) is 13.2 Å². The summed E-state index contributed by atoms with van der Waals surface area (Å²) in [5.41, 5.74) is 3.24. The highest BCUT2D eigenvalue weighted by Gasteiger charge is 2.12. The predicted molar refractivity (Wildman–Crippen MR) is 82.4 cm³/mol. The number of anilines is 1. The Hall–Kier alpha value is -2.00. The van der Waals surface area contributed by atoms with Crippen molar-refractivity contribution in [1.82, 2.24) is 0 Å². The fourth-order valence-electron chi connectivity index (χ4n) is 2.28. The molecule has 0 aliphatic carbocycles. The summed E-state index contributed by atoms with van der Waals surface area (Å²) >= 11 is 0. The molecule has 0 fully saturated rings.